The lowest BCUT2D eigenvalue weighted by Crippen LogP contribution is -2.39. The molecule has 3 N–H and O–H groups in total. The largest absolute Gasteiger partial charge is 0.368 e. The van der Waals surface area contributed by atoms with Gasteiger partial charge < -0.3 is 11.1 Å². The fourth-order valence-electron chi connectivity index (χ4n) is 2.23. The van der Waals surface area contributed by atoms with Crippen LogP contribution in [0, 0.1) is 0 Å². The van der Waals surface area contributed by atoms with Crippen LogP contribution in [0.25, 0.3) is 0 Å². The third-order valence-electron chi connectivity index (χ3n) is 3.13. The molecule has 2 heterocycles. The van der Waals surface area contributed by atoms with Crippen molar-refractivity contribution < 1.29 is 4.79 Å². The minimum atomic E-state index is -0.207. The number of rotatable bonds is 6. The van der Waals surface area contributed by atoms with Gasteiger partial charge in [0.25, 0.3) is 0 Å². The number of carbonyl (C=O) groups excluding carboxylic acids is 1. The first-order valence-electron chi connectivity index (χ1n) is 6.42. The molecule has 1 amide bonds. The van der Waals surface area contributed by atoms with Gasteiger partial charge in [0.05, 0.1) is 6.04 Å². The van der Waals surface area contributed by atoms with Gasteiger partial charge in [0, 0.05) is 24.2 Å². The molecule has 6 heteroatoms. The van der Waals surface area contributed by atoms with E-state index < -0.39 is 0 Å². The summed E-state index contributed by atoms with van der Waals surface area (Å²) in [6.07, 6.45) is 4.91. The summed E-state index contributed by atoms with van der Waals surface area (Å²) in [6.45, 7) is 4.80. The Kier molecular flexibility index (Phi) is 4.54. The molecule has 2 rings (SSSR count). The van der Waals surface area contributed by atoms with Crippen molar-refractivity contribution in [3.8, 4) is 0 Å². The Morgan fingerprint density at radius 3 is 3.28 bits per heavy atom. The molecule has 0 spiro atoms. The van der Waals surface area contributed by atoms with E-state index in [4.69, 9.17) is 5.73 Å². The summed E-state index contributed by atoms with van der Waals surface area (Å²) in [5, 5.41) is 4.23. The van der Waals surface area contributed by atoms with E-state index in [-0.39, 0.29) is 11.9 Å². The molecule has 1 aliphatic rings. The van der Waals surface area contributed by atoms with Crippen molar-refractivity contribution in [2.45, 2.75) is 38.8 Å². The number of aromatic nitrogens is 1. The SMILES string of the molecule is CCCNc1ncc(CN2CCCC2C(N)=O)s1. The number of hydrogen-bond donors (Lipinski definition) is 2. The van der Waals surface area contributed by atoms with E-state index >= 15 is 0 Å². The third-order valence-corrected chi connectivity index (χ3v) is 4.07. The van der Waals surface area contributed by atoms with Crippen LogP contribution in [0.15, 0.2) is 6.20 Å². The van der Waals surface area contributed by atoms with E-state index in [0.29, 0.717) is 0 Å². The molecule has 100 valence electrons. The van der Waals surface area contributed by atoms with E-state index in [0.717, 1.165) is 44.0 Å². The normalized spacial score (nSPS) is 20.2. The molecule has 0 bridgehead atoms. The summed E-state index contributed by atoms with van der Waals surface area (Å²) < 4.78 is 0. The number of nitrogens with one attached hydrogen (secondary N) is 1. The highest BCUT2D eigenvalue weighted by molar-refractivity contribution is 7.15. The van der Waals surface area contributed by atoms with Crippen LogP contribution in [0.5, 0.6) is 0 Å². The van der Waals surface area contributed by atoms with Gasteiger partial charge in [-0.2, -0.15) is 0 Å². The standard InChI is InChI=1S/C12H20N4OS/c1-2-5-14-12-15-7-9(18-12)8-16-6-3-4-10(16)11(13)17/h7,10H,2-6,8H2,1H3,(H2,13,17)(H,14,15). The average molecular weight is 268 g/mol. The van der Waals surface area contributed by atoms with Gasteiger partial charge >= 0.3 is 0 Å². The number of nitrogens with zero attached hydrogens (tertiary/aromatic N) is 2. The molecule has 1 fully saturated rings. The number of likely N-dealkylation sites (tertiary alicyclic amines) is 1. The Balaban J connectivity index is 1.92. The molecular weight excluding hydrogens is 248 g/mol. The molecular formula is C12H20N4OS. The van der Waals surface area contributed by atoms with Gasteiger partial charge in [-0.3, -0.25) is 9.69 Å². The van der Waals surface area contributed by atoms with Crippen LogP contribution in [0.3, 0.4) is 0 Å². The topological polar surface area (TPSA) is 71.2 Å². The van der Waals surface area contributed by atoms with Crippen LogP contribution >= 0.6 is 11.3 Å². The van der Waals surface area contributed by atoms with Crippen LogP contribution in [0.4, 0.5) is 5.13 Å². The van der Waals surface area contributed by atoms with Gasteiger partial charge in [0.2, 0.25) is 5.91 Å². The maximum Gasteiger partial charge on any atom is 0.234 e. The zero-order valence-corrected chi connectivity index (χ0v) is 11.5. The van der Waals surface area contributed by atoms with Crippen molar-refractivity contribution in [1.29, 1.82) is 0 Å². The van der Waals surface area contributed by atoms with Gasteiger partial charge in [0.1, 0.15) is 0 Å². The van der Waals surface area contributed by atoms with Crippen LogP contribution in [-0.2, 0) is 11.3 Å². The summed E-state index contributed by atoms with van der Waals surface area (Å²) in [5.74, 6) is -0.207. The monoisotopic (exact) mass is 268 g/mol. The first-order chi connectivity index (χ1) is 8.70. The minimum absolute atomic E-state index is 0.0980. The lowest BCUT2D eigenvalue weighted by molar-refractivity contribution is -0.122. The van der Waals surface area contributed by atoms with E-state index in [1.165, 1.54) is 4.88 Å². The Morgan fingerprint density at radius 2 is 2.56 bits per heavy atom. The predicted octanol–water partition coefficient (Wildman–Crippen LogP) is 1.41. The number of amides is 1. The van der Waals surface area contributed by atoms with Gasteiger partial charge in [0.15, 0.2) is 5.13 Å². The summed E-state index contributed by atoms with van der Waals surface area (Å²) in [6, 6.07) is -0.0980. The molecule has 5 nitrogen and oxygen atoms in total. The van der Waals surface area contributed by atoms with Crippen molar-refractivity contribution in [2.24, 2.45) is 5.73 Å². The molecule has 0 saturated carbocycles. The van der Waals surface area contributed by atoms with Gasteiger partial charge in [-0.05, 0) is 25.8 Å². The Hall–Kier alpha value is -1.14. The van der Waals surface area contributed by atoms with E-state index in [9.17, 15) is 4.79 Å². The lowest BCUT2D eigenvalue weighted by Gasteiger charge is -2.20. The number of thiazole rings is 1. The number of carbonyl (C=O) groups is 1. The molecule has 1 aromatic rings. The molecule has 0 aromatic carbocycles. The van der Waals surface area contributed by atoms with Gasteiger partial charge in [-0.1, -0.05) is 6.92 Å². The molecule has 0 radical (unpaired) electrons. The summed E-state index contributed by atoms with van der Waals surface area (Å²) >= 11 is 1.66. The van der Waals surface area contributed by atoms with E-state index in [1.807, 2.05) is 6.20 Å². The van der Waals surface area contributed by atoms with Crippen molar-refractivity contribution in [2.75, 3.05) is 18.4 Å². The maximum atomic E-state index is 11.3. The fraction of sp³-hybridized carbons (Fsp3) is 0.667. The van der Waals surface area contributed by atoms with Gasteiger partial charge in [-0.15, -0.1) is 11.3 Å². The second kappa shape index (κ2) is 6.15. The minimum Gasteiger partial charge on any atom is -0.368 e. The summed E-state index contributed by atoms with van der Waals surface area (Å²) in [7, 11) is 0. The zero-order valence-electron chi connectivity index (χ0n) is 10.7. The highest BCUT2D eigenvalue weighted by atomic mass is 32.1. The zero-order chi connectivity index (χ0) is 13.0. The first kappa shape index (κ1) is 13.3. The third kappa shape index (κ3) is 3.20. The molecule has 1 aliphatic heterocycles. The highest BCUT2D eigenvalue weighted by Gasteiger charge is 2.29. The molecule has 1 unspecified atom stereocenters. The fourth-order valence-corrected chi connectivity index (χ4v) is 3.10. The highest BCUT2D eigenvalue weighted by Crippen LogP contribution is 2.24. The van der Waals surface area contributed by atoms with Crippen LogP contribution in [0.1, 0.15) is 31.1 Å². The molecule has 1 saturated heterocycles. The number of nitrogens with two attached hydrogens (primary N) is 1. The quantitative estimate of drug-likeness (QED) is 0.818. The van der Waals surface area contributed by atoms with E-state index in [1.54, 1.807) is 11.3 Å². The number of anilines is 1. The number of primary amides is 1. The first-order valence-corrected chi connectivity index (χ1v) is 7.24. The second-order valence-electron chi connectivity index (χ2n) is 4.59. The van der Waals surface area contributed by atoms with Crippen molar-refractivity contribution in [1.82, 2.24) is 9.88 Å². The Bertz CT molecular complexity index is 407. The maximum absolute atomic E-state index is 11.3. The van der Waals surface area contributed by atoms with Crippen molar-refractivity contribution >= 4 is 22.4 Å². The Labute approximate surface area is 111 Å². The van der Waals surface area contributed by atoms with Crippen molar-refractivity contribution in [3.63, 3.8) is 0 Å². The number of hydrogen-bond acceptors (Lipinski definition) is 5. The average Bonchev–Trinajstić information content (AvgIpc) is 2.96. The molecule has 0 aliphatic carbocycles. The smallest absolute Gasteiger partial charge is 0.234 e. The molecule has 18 heavy (non-hydrogen) atoms. The van der Waals surface area contributed by atoms with Crippen LogP contribution in [0.2, 0.25) is 0 Å². The van der Waals surface area contributed by atoms with Crippen LogP contribution < -0.4 is 11.1 Å². The predicted molar refractivity (Wildman–Crippen MR) is 73.5 cm³/mol. The summed E-state index contributed by atoms with van der Waals surface area (Å²) in [5.41, 5.74) is 5.41. The van der Waals surface area contributed by atoms with Gasteiger partial charge in [-0.25, -0.2) is 4.98 Å². The molecule has 1 aromatic heterocycles. The lowest BCUT2D eigenvalue weighted by atomic mass is 10.2. The second-order valence-corrected chi connectivity index (χ2v) is 5.70. The molecule has 1 atom stereocenters. The van der Waals surface area contributed by atoms with E-state index in [2.05, 4.69) is 22.1 Å². The van der Waals surface area contributed by atoms with Crippen molar-refractivity contribution in [3.05, 3.63) is 11.1 Å². The Morgan fingerprint density at radius 1 is 1.72 bits per heavy atom. The summed E-state index contributed by atoms with van der Waals surface area (Å²) in [4.78, 5) is 19.0. The van der Waals surface area contributed by atoms with Crippen LogP contribution in [-0.4, -0.2) is 34.9 Å².